The molecule has 0 heterocycles. The smallest absolute Gasteiger partial charge is 0.0585 e. The number of thioether (sulfide) groups is 1. The van der Waals surface area contributed by atoms with Crippen LogP contribution in [-0.4, -0.2) is 48.7 Å². The molecular weight excluding hydrogens is 399 g/mol. The highest BCUT2D eigenvalue weighted by Crippen LogP contribution is 2.20. The molecule has 0 aromatic rings. The van der Waals surface area contributed by atoms with Crippen LogP contribution < -0.4 is 0 Å². The molecule has 0 aromatic carbocycles. The summed E-state index contributed by atoms with van der Waals surface area (Å²) in [6, 6.07) is 0. The normalized spacial score (nSPS) is 16.2. The number of unbranched alkanes of at least 4 members (excludes halogenated alkanes) is 2. The van der Waals surface area contributed by atoms with Crippen molar-refractivity contribution in [2.24, 2.45) is 0 Å². The van der Waals surface area contributed by atoms with E-state index < -0.39 is 0 Å². The highest BCUT2D eigenvalue weighted by Gasteiger charge is 2.14. The first-order chi connectivity index (χ1) is 13.1. The van der Waals surface area contributed by atoms with Gasteiger partial charge in [0.25, 0.3) is 0 Å². The van der Waals surface area contributed by atoms with Gasteiger partial charge in [-0.1, -0.05) is 39.5 Å². The molecule has 5 heteroatoms. The number of methoxy groups -OCH3 is 2. The van der Waals surface area contributed by atoms with Crippen LogP contribution in [-0.2, 0) is 9.47 Å². The standard InChI is InChI=1S/C22H44Cl2O2S/c1-5-11-21(25-3)17-19(23)13-7-9-15-27-16-10-8-14-20(24)18-22(26-4)12-6-2/h19-22H,5-18H2,1-4H3. The lowest BCUT2D eigenvalue weighted by Crippen LogP contribution is -2.16. The maximum Gasteiger partial charge on any atom is 0.0585 e. The van der Waals surface area contributed by atoms with Crippen LogP contribution in [0, 0.1) is 0 Å². The SMILES string of the molecule is CCCC(CC(Cl)CCCCSCCCCC(Cl)CC(CCC)OC)OC. The van der Waals surface area contributed by atoms with Gasteiger partial charge in [-0.15, -0.1) is 23.2 Å². The molecule has 4 atom stereocenters. The van der Waals surface area contributed by atoms with Crippen molar-refractivity contribution in [3.8, 4) is 0 Å². The van der Waals surface area contributed by atoms with Gasteiger partial charge in [-0.3, -0.25) is 0 Å². The Kier molecular flexibility index (Phi) is 20.8. The Labute approximate surface area is 183 Å². The molecule has 0 spiro atoms. The summed E-state index contributed by atoms with van der Waals surface area (Å²) < 4.78 is 11.0. The molecule has 0 fully saturated rings. The molecule has 0 saturated carbocycles. The van der Waals surface area contributed by atoms with E-state index in [9.17, 15) is 0 Å². The molecule has 0 aliphatic rings. The highest BCUT2D eigenvalue weighted by molar-refractivity contribution is 7.99. The molecule has 0 aliphatic heterocycles. The summed E-state index contributed by atoms with van der Waals surface area (Å²) in [7, 11) is 3.60. The fourth-order valence-corrected chi connectivity index (χ4v) is 5.08. The minimum Gasteiger partial charge on any atom is -0.381 e. The summed E-state index contributed by atoms with van der Waals surface area (Å²) in [6.45, 7) is 4.39. The molecule has 0 aliphatic carbocycles. The van der Waals surface area contributed by atoms with Crippen LogP contribution in [0.15, 0.2) is 0 Å². The van der Waals surface area contributed by atoms with E-state index in [2.05, 4.69) is 25.6 Å². The average Bonchev–Trinajstić information content (AvgIpc) is 2.65. The predicted molar refractivity (Wildman–Crippen MR) is 125 cm³/mol. The molecule has 0 rings (SSSR count). The third-order valence-electron chi connectivity index (χ3n) is 5.04. The number of rotatable bonds is 20. The van der Waals surface area contributed by atoms with Crippen molar-refractivity contribution in [2.45, 2.75) is 114 Å². The fourth-order valence-electron chi connectivity index (χ4n) is 3.36. The maximum atomic E-state index is 6.46. The number of hydrogen-bond donors (Lipinski definition) is 0. The largest absolute Gasteiger partial charge is 0.381 e. The number of hydrogen-bond acceptors (Lipinski definition) is 3. The molecule has 27 heavy (non-hydrogen) atoms. The van der Waals surface area contributed by atoms with Crippen LogP contribution >= 0.6 is 35.0 Å². The second kappa shape index (κ2) is 20.1. The molecule has 2 nitrogen and oxygen atoms in total. The van der Waals surface area contributed by atoms with Crippen molar-refractivity contribution in [3.05, 3.63) is 0 Å². The van der Waals surface area contributed by atoms with E-state index in [-0.39, 0.29) is 10.8 Å². The van der Waals surface area contributed by atoms with Crippen LogP contribution in [0.1, 0.15) is 90.9 Å². The number of alkyl halides is 2. The molecule has 0 aromatic heterocycles. The van der Waals surface area contributed by atoms with Gasteiger partial charge in [0.1, 0.15) is 0 Å². The van der Waals surface area contributed by atoms with Crippen molar-refractivity contribution in [2.75, 3.05) is 25.7 Å². The van der Waals surface area contributed by atoms with Crippen LogP contribution in [0.2, 0.25) is 0 Å². The van der Waals surface area contributed by atoms with Gasteiger partial charge < -0.3 is 9.47 Å². The van der Waals surface area contributed by atoms with Gasteiger partial charge in [0.15, 0.2) is 0 Å². The summed E-state index contributed by atoms with van der Waals surface area (Å²) >= 11 is 15.0. The summed E-state index contributed by atoms with van der Waals surface area (Å²) in [5.74, 6) is 2.50. The van der Waals surface area contributed by atoms with E-state index in [0.29, 0.717) is 12.2 Å². The zero-order valence-electron chi connectivity index (χ0n) is 18.2. The predicted octanol–water partition coefficient (Wildman–Crippen LogP) is 7.69. The highest BCUT2D eigenvalue weighted by atomic mass is 35.5. The van der Waals surface area contributed by atoms with Crippen molar-refractivity contribution in [1.29, 1.82) is 0 Å². The monoisotopic (exact) mass is 442 g/mol. The second-order valence-corrected chi connectivity index (χ2v) is 10.0. The Balaban J connectivity index is 3.49. The first kappa shape index (κ1) is 27.8. The Morgan fingerprint density at radius 2 is 1.07 bits per heavy atom. The molecule has 164 valence electrons. The molecule has 0 saturated heterocycles. The number of halogens is 2. The first-order valence-corrected chi connectivity index (χ1v) is 13.0. The lowest BCUT2D eigenvalue weighted by molar-refractivity contribution is 0.0858. The molecular formula is C22H44Cl2O2S. The lowest BCUT2D eigenvalue weighted by atomic mass is 10.1. The van der Waals surface area contributed by atoms with Gasteiger partial charge in [-0.2, -0.15) is 11.8 Å². The second-order valence-electron chi connectivity index (χ2n) is 7.56. The van der Waals surface area contributed by atoms with E-state index in [0.717, 1.165) is 51.4 Å². The van der Waals surface area contributed by atoms with Gasteiger partial charge in [-0.05, 0) is 62.9 Å². The summed E-state index contributed by atoms with van der Waals surface area (Å²) in [5, 5.41) is 0.520. The zero-order chi connectivity index (χ0) is 20.3. The minimum absolute atomic E-state index is 0.260. The molecule has 0 radical (unpaired) electrons. The van der Waals surface area contributed by atoms with Crippen molar-refractivity contribution in [3.63, 3.8) is 0 Å². The maximum absolute atomic E-state index is 6.46. The van der Waals surface area contributed by atoms with Gasteiger partial charge >= 0.3 is 0 Å². The Morgan fingerprint density at radius 3 is 1.41 bits per heavy atom. The number of ether oxygens (including phenoxy) is 2. The van der Waals surface area contributed by atoms with Crippen LogP contribution in [0.4, 0.5) is 0 Å². The Morgan fingerprint density at radius 1 is 0.667 bits per heavy atom. The molecule has 0 N–H and O–H groups in total. The molecule has 0 amide bonds. The first-order valence-electron chi connectivity index (χ1n) is 11.0. The van der Waals surface area contributed by atoms with Crippen molar-refractivity contribution >= 4 is 35.0 Å². The van der Waals surface area contributed by atoms with Crippen LogP contribution in [0.5, 0.6) is 0 Å². The van der Waals surface area contributed by atoms with Crippen LogP contribution in [0.25, 0.3) is 0 Å². The molecule has 4 unspecified atom stereocenters. The lowest BCUT2D eigenvalue weighted by Gasteiger charge is -2.18. The average molecular weight is 444 g/mol. The fraction of sp³-hybridized carbons (Fsp3) is 1.00. The van der Waals surface area contributed by atoms with E-state index in [1.54, 1.807) is 14.2 Å². The van der Waals surface area contributed by atoms with E-state index in [4.69, 9.17) is 32.7 Å². The topological polar surface area (TPSA) is 18.5 Å². The van der Waals surface area contributed by atoms with E-state index >= 15 is 0 Å². The summed E-state index contributed by atoms with van der Waals surface area (Å²) in [6.07, 6.45) is 14.4. The Bertz CT molecular complexity index is 280. The third kappa shape index (κ3) is 17.4. The van der Waals surface area contributed by atoms with E-state index in [1.807, 2.05) is 0 Å². The van der Waals surface area contributed by atoms with Gasteiger partial charge in [0.2, 0.25) is 0 Å². The zero-order valence-corrected chi connectivity index (χ0v) is 20.5. The quantitative estimate of drug-likeness (QED) is 0.142. The minimum atomic E-state index is 0.260. The van der Waals surface area contributed by atoms with Gasteiger partial charge in [0.05, 0.1) is 12.2 Å². The summed E-state index contributed by atoms with van der Waals surface area (Å²) in [5.41, 5.74) is 0. The van der Waals surface area contributed by atoms with Crippen molar-refractivity contribution < 1.29 is 9.47 Å². The Hall–Kier alpha value is 0.850. The van der Waals surface area contributed by atoms with Crippen molar-refractivity contribution in [1.82, 2.24) is 0 Å². The van der Waals surface area contributed by atoms with Crippen LogP contribution in [0.3, 0.4) is 0 Å². The third-order valence-corrected chi connectivity index (χ3v) is 6.98. The van der Waals surface area contributed by atoms with Gasteiger partial charge in [-0.25, -0.2) is 0 Å². The molecule has 0 bridgehead atoms. The van der Waals surface area contributed by atoms with E-state index in [1.165, 1.54) is 37.2 Å². The van der Waals surface area contributed by atoms with Gasteiger partial charge in [0, 0.05) is 25.0 Å². The summed E-state index contributed by atoms with van der Waals surface area (Å²) in [4.78, 5) is 0.